The van der Waals surface area contributed by atoms with Gasteiger partial charge in [0.1, 0.15) is 23.4 Å². The van der Waals surface area contributed by atoms with Gasteiger partial charge in [-0.2, -0.15) is 0 Å². The van der Waals surface area contributed by atoms with Crippen molar-refractivity contribution in [3.63, 3.8) is 0 Å². The van der Waals surface area contributed by atoms with Crippen LogP contribution in [0.25, 0.3) is 0 Å². The van der Waals surface area contributed by atoms with Crippen LogP contribution < -0.4 is 15.4 Å². The maximum absolute atomic E-state index is 14.5. The molecule has 8 nitrogen and oxygen atoms in total. The number of benzene rings is 2. The van der Waals surface area contributed by atoms with Gasteiger partial charge in [0.05, 0.1) is 7.11 Å². The summed E-state index contributed by atoms with van der Waals surface area (Å²) in [5, 5.41) is 5.77. The van der Waals surface area contributed by atoms with Gasteiger partial charge in [-0.1, -0.05) is 70.6 Å². The number of amides is 3. The average molecular weight is 592 g/mol. The van der Waals surface area contributed by atoms with Gasteiger partial charge >= 0.3 is 6.09 Å². The van der Waals surface area contributed by atoms with Crippen molar-refractivity contribution in [1.82, 2.24) is 10.2 Å². The number of alkyl carbamates (subject to hydrolysis) is 1. The van der Waals surface area contributed by atoms with E-state index in [0.29, 0.717) is 42.0 Å². The lowest BCUT2D eigenvalue weighted by atomic mass is 9.95. The van der Waals surface area contributed by atoms with Gasteiger partial charge in [0.15, 0.2) is 0 Å². The van der Waals surface area contributed by atoms with Crippen molar-refractivity contribution in [1.29, 1.82) is 0 Å². The summed E-state index contributed by atoms with van der Waals surface area (Å²) in [7, 11) is 1.57. The number of terminal acetylenes is 1. The topological polar surface area (TPSA) is 97.0 Å². The third-order valence-electron chi connectivity index (χ3n) is 6.81. The highest BCUT2D eigenvalue weighted by Crippen LogP contribution is 2.29. The van der Waals surface area contributed by atoms with Gasteiger partial charge in [0, 0.05) is 17.8 Å². The second-order valence-electron chi connectivity index (χ2n) is 12.1. The minimum atomic E-state index is -1.04. The number of nitrogens with zero attached hydrogens (tertiary/aromatic N) is 1. The molecule has 43 heavy (non-hydrogen) atoms. The number of methoxy groups -OCH3 is 1. The first-order chi connectivity index (χ1) is 20.4. The Labute approximate surface area is 257 Å². The Morgan fingerprint density at radius 1 is 0.977 bits per heavy atom. The monoisotopic (exact) mass is 591 g/mol. The molecule has 234 valence electrons. The maximum Gasteiger partial charge on any atom is 0.408 e. The van der Waals surface area contributed by atoms with E-state index >= 15 is 0 Å². The van der Waals surface area contributed by atoms with E-state index in [1.54, 1.807) is 81.3 Å². The van der Waals surface area contributed by atoms with Crippen LogP contribution in [0.2, 0.25) is 0 Å². The van der Waals surface area contributed by atoms with Gasteiger partial charge in [0.25, 0.3) is 5.91 Å². The zero-order valence-electron chi connectivity index (χ0n) is 26.9. The van der Waals surface area contributed by atoms with Crippen LogP contribution in [-0.2, 0) is 14.3 Å². The second-order valence-corrected chi connectivity index (χ2v) is 12.1. The molecule has 0 spiro atoms. The Morgan fingerprint density at radius 3 is 2.21 bits per heavy atom. The van der Waals surface area contributed by atoms with Crippen LogP contribution in [0.15, 0.2) is 48.5 Å². The van der Waals surface area contributed by atoms with Crippen molar-refractivity contribution in [3.8, 4) is 18.1 Å². The van der Waals surface area contributed by atoms with Crippen molar-refractivity contribution in [2.45, 2.75) is 97.8 Å². The van der Waals surface area contributed by atoms with E-state index in [1.807, 2.05) is 13.8 Å². The summed E-state index contributed by atoms with van der Waals surface area (Å²) in [4.78, 5) is 43.0. The molecule has 0 saturated heterocycles. The molecule has 2 unspecified atom stereocenters. The zero-order chi connectivity index (χ0) is 32.0. The highest BCUT2D eigenvalue weighted by molar-refractivity contribution is 5.99. The molecule has 8 heteroatoms. The second kappa shape index (κ2) is 17.2. The summed E-state index contributed by atoms with van der Waals surface area (Å²) >= 11 is 0. The third kappa shape index (κ3) is 11.7. The molecule has 0 radical (unpaired) electrons. The number of hydrogen-bond acceptors (Lipinski definition) is 5. The average Bonchev–Trinajstić information content (AvgIpc) is 2.95. The number of anilines is 1. The fourth-order valence-electron chi connectivity index (χ4n) is 4.80. The highest BCUT2D eigenvalue weighted by Gasteiger charge is 2.37. The lowest BCUT2D eigenvalue weighted by molar-refractivity contribution is -0.141. The third-order valence-corrected chi connectivity index (χ3v) is 6.81. The largest absolute Gasteiger partial charge is 0.497 e. The molecular formula is C35H49N3O5. The first-order valence-electron chi connectivity index (χ1n) is 15.2. The molecule has 2 atom stereocenters. The normalized spacial score (nSPS) is 12.5. The molecule has 2 N–H and O–H groups in total. The minimum absolute atomic E-state index is 0.0832. The SMILES string of the molecule is C#Cc1ccccc1C(C(=O)Nc1ccc(OC)cc1)N(CCCCCCC)C(=O)C(CC(C)C)NC(=O)OC(C)(C)C. The summed E-state index contributed by atoms with van der Waals surface area (Å²) in [6, 6.07) is 12.2. The van der Waals surface area contributed by atoms with E-state index in [0.717, 1.165) is 25.7 Å². The highest BCUT2D eigenvalue weighted by atomic mass is 16.6. The molecule has 0 aliphatic rings. The smallest absolute Gasteiger partial charge is 0.408 e. The molecule has 0 heterocycles. The first kappa shape index (κ1) is 35.2. The van der Waals surface area contributed by atoms with Crippen LogP contribution in [0.3, 0.4) is 0 Å². The molecular weight excluding hydrogens is 542 g/mol. The molecule has 2 aromatic rings. The van der Waals surface area contributed by atoms with Crippen molar-refractivity contribution < 1.29 is 23.9 Å². The Kier molecular flexibility index (Phi) is 14.1. The Morgan fingerprint density at radius 2 is 1.63 bits per heavy atom. The number of carbonyl (C=O) groups excluding carboxylic acids is 3. The van der Waals surface area contributed by atoms with Crippen molar-refractivity contribution in [3.05, 3.63) is 59.7 Å². The Bertz CT molecular complexity index is 1230. The van der Waals surface area contributed by atoms with E-state index in [2.05, 4.69) is 23.5 Å². The molecule has 2 rings (SSSR count). The Hall–Kier alpha value is -3.99. The number of hydrogen-bond donors (Lipinski definition) is 2. The van der Waals surface area contributed by atoms with Crippen LogP contribution in [0.5, 0.6) is 5.75 Å². The molecule has 0 aliphatic heterocycles. The summed E-state index contributed by atoms with van der Waals surface area (Å²) in [5.74, 6) is 2.65. The van der Waals surface area contributed by atoms with Gasteiger partial charge in [-0.3, -0.25) is 9.59 Å². The van der Waals surface area contributed by atoms with Crippen molar-refractivity contribution in [2.24, 2.45) is 5.92 Å². The van der Waals surface area contributed by atoms with Crippen LogP contribution >= 0.6 is 0 Å². The molecule has 0 bridgehead atoms. The molecule has 3 amide bonds. The van der Waals surface area contributed by atoms with E-state index < -0.39 is 29.7 Å². The first-order valence-corrected chi connectivity index (χ1v) is 15.2. The number of rotatable bonds is 15. The van der Waals surface area contributed by atoms with Crippen LogP contribution in [0.1, 0.15) is 97.2 Å². The molecule has 0 fully saturated rings. The van der Waals surface area contributed by atoms with Crippen molar-refractivity contribution in [2.75, 3.05) is 19.0 Å². The summed E-state index contributed by atoms with van der Waals surface area (Å²) in [6.45, 7) is 11.7. The predicted octanol–water partition coefficient (Wildman–Crippen LogP) is 7.09. The molecule has 2 aromatic carbocycles. The summed E-state index contributed by atoms with van der Waals surface area (Å²) < 4.78 is 10.7. The van der Waals surface area contributed by atoms with E-state index in [9.17, 15) is 14.4 Å². The number of unbranched alkanes of at least 4 members (excludes halogenated alkanes) is 4. The summed E-state index contributed by atoms with van der Waals surface area (Å²) in [5.41, 5.74) is 0.871. The standard InChI is InChI=1S/C35H49N3O5/c1-9-11-12-13-16-23-38(33(40)30(24-25(3)4)37-34(41)43-35(5,6)7)31(29-18-15-14-17-26(29)10-2)32(39)36-27-19-21-28(42-8)22-20-27/h2,14-15,17-22,25,30-31H,9,11-13,16,23-24H2,1,3-8H3,(H,36,39)(H,37,41). The van der Waals surface area contributed by atoms with Crippen LogP contribution in [0, 0.1) is 18.3 Å². The number of carbonyl (C=O) groups is 3. The molecule has 0 saturated carbocycles. The minimum Gasteiger partial charge on any atom is -0.497 e. The van der Waals surface area contributed by atoms with Gasteiger partial charge < -0.3 is 25.0 Å². The molecule has 0 aromatic heterocycles. The van der Waals surface area contributed by atoms with Crippen LogP contribution in [-0.4, -0.2) is 48.1 Å². The number of ether oxygens (including phenoxy) is 2. The fourth-order valence-corrected chi connectivity index (χ4v) is 4.80. The van der Waals surface area contributed by atoms with Gasteiger partial charge in [-0.05, 0) is 75.4 Å². The number of nitrogens with one attached hydrogen (secondary N) is 2. The van der Waals surface area contributed by atoms with E-state index in [4.69, 9.17) is 15.9 Å². The Balaban J connectivity index is 2.58. The predicted molar refractivity (Wildman–Crippen MR) is 172 cm³/mol. The lowest BCUT2D eigenvalue weighted by Gasteiger charge is -2.35. The van der Waals surface area contributed by atoms with Crippen LogP contribution in [0.4, 0.5) is 10.5 Å². The van der Waals surface area contributed by atoms with Gasteiger partial charge in [0.2, 0.25) is 5.91 Å². The van der Waals surface area contributed by atoms with E-state index in [1.165, 1.54) is 0 Å². The quantitative estimate of drug-likeness (QED) is 0.170. The van der Waals surface area contributed by atoms with Gasteiger partial charge in [-0.25, -0.2) is 4.79 Å². The molecule has 0 aliphatic carbocycles. The van der Waals surface area contributed by atoms with E-state index in [-0.39, 0.29) is 11.8 Å². The lowest BCUT2D eigenvalue weighted by Crippen LogP contribution is -2.53. The maximum atomic E-state index is 14.5. The fraction of sp³-hybridized carbons (Fsp3) is 0.514. The zero-order valence-corrected chi connectivity index (χ0v) is 26.9. The summed E-state index contributed by atoms with van der Waals surface area (Å²) in [6.07, 6.45) is 10.4. The van der Waals surface area contributed by atoms with Crippen molar-refractivity contribution >= 4 is 23.6 Å². The van der Waals surface area contributed by atoms with Gasteiger partial charge in [-0.15, -0.1) is 6.42 Å².